The van der Waals surface area contributed by atoms with Crippen molar-refractivity contribution in [2.24, 2.45) is 0 Å². The molecule has 142 valence electrons. The van der Waals surface area contributed by atoms with Gasteiger partial charge in [-0.3, -0.25) is 4.79 Å². The number of nitrogens with zero attached hydrogens (tertiary/aromatic N) is 2. The van der Waals surface area contributed by atoms with Gasteiger partial charge in [-0.25, -0.2) is 14.8 Å². The van der Waals surface area contributed by atoms with E-state index < -0.39 is 11.9 Å². The number of hydrogen-bond acceptors (Lipinski definition) is 5. The van der Waals surface area contributed by atoms with E-state index in [-0.39, 0.29) is 11.3 Å². The Labute approximate surface area is 170 Å². The number of aromatic nitrogens is 2. The van der Waals surface area contributed by atoms with Gasteiger partial charge in [0.1, 0.15) is 0 Å². The molecule has 0 spiro atoms. The number of benzene rings is 2. The molecule has 3 aromatic rings. The zero-order valence-electron chi connectivity index (χ0n) is 15.2. The van der Waals surface area contributed by atoms with Crippen LogP contribution in [0.15, 0.2) is 53.0 Å². The summed E-state index contributed by atoms with van der Waals surface area (Å²) in [5, 5.41) is 15.0. The van der Waals surface area contributed by atoms with Crippen molar-refractivity contribution in [1.82, 2.24) is 9.97 Å². The van der Waals surface area contributed by atoms with E-state index in [0.29, 0.717) is 16.0 Å². The second kappa shape index (κ2) is 8.18. The van der Waals surface area contributed by atoms with Gasteiger partial charge >= 0.3 is 5.97 Å². The van der Waals surface area contributed by atoms with Gasteiger partial charge in [-0.1, -0.05) is 15.9 Å². The van der Waals surface area contributed by atoms with Crippen LogP contribution in [0.2, 0.25) is 0 Å². The maximum Gasteiger partial charge on any atom is 0.337 e. The quantitative estimate of drug-likeness (QED) is 0.537. The molecule has 28 heavy (non-hydrogen) atoms. The van der Waals surface area contributed by atoms with Crippen LogP contribution in [0.3, 0.4) is 0 Å². The predicted molar refractivity (Wildman–Crippen MR) is 110 cm³/mol. The van der Waals surface area contributed by atoms with Gasteiger partial charge in [0.15, 0.2) is 0 Å². The molecule has 3 rings (SSSR count). The zero-order valence-corrected chi connectivity index (χ0v) is 16.7. The molecule has 0 aliphatic heterocycles. The molecule has 0 bridgehead atoms. The molecule has 8 heteroatoms. The first-order chi connectivity index (χ1) is 13.3. The van der Waals surface area contributed by atoms with Crippen molar-refractivity contribution < 1.29 is 14.7 Å². The number of nitrogens with one attached hydrogen (secondary N) is 2. The SMILES string of the molecule is Cc1cc(C)nc(Nc2ccc(C(=O)Nc3ccc(Br)cc3C(=O)O)cc2)n1. The number of carbonyl (C=O) groups excluding carboxylic acids is 1. The Kier molecular flexibility index (Phi) is 5.70. The van der Waals surface area contributed by atoms with Gasteiger partial charge in [0.2, 0.25) is 5.95 Å². The van der Waals surface area contributed by atoms with Gasteiger partial charge in [-0.2, -0.15) is 0 Å². The smallest absolute Gasteiger partial charge is 0.337 e. The molecule has 1 aromatic heterocycles. The van der Waals surface area contributed by atoms with Crippen LogP contribution < -0.4 is 10.6 Å². The number of carboxylic acid groups (broad SMARTS) is 1. The molecular formula is C20H17BrN4O3. The highest BCUT2D eigenvalue weighted by Gasteiger charge is 2.14. The molecule has 0 atom stereocenters. The molecule has 0 aliphatic carbocycles. The highest BCUT2D eigenvalue weighted by molar-refractivity contribution is 9.10. The summed E-state index contributed by atoms with van der Waals surface area (Å²) in [5.74, 6) is -1.04. The Morgan fingerprint density at radius 3 is 2.21 bits per heavy atom. The third kappa shape index (κ3) is 4.72. The van der Waals surface area contributed by atoms with E-state index in [1.165, 1.54) is 6.07 Å². The number of anilines is 3. The number of hydrogen-bond donors (Lipinski definition) is 3. The second-order valence-corrected chi connectivity index (χ2v) is 7.04. The first-order valence-electron chi connectivity index (χ1n) is 8.35. The third-order valence-electron chi connectivity index (χ3n) is 3.85. The third-order valence-corrected chi connectivity index (χ3v) is 4.34. The fraction of sp³-hybridized carbons (Fsp3) is 0.100. The van der Waals surface area contributed by atoms with Crippen LogP contribution >= 0.6 is 15.9 Å². The van der Waals surface area contributed by atoms with Crippen LogP contribution in [0.1, 0.15) is 32.1 Å². The molecule has 0 fully saturated rings. The number of rotatable bonds is 5. The molecule has 0 unspecified atom stereocenters. The number of amides is 1. The maximum absolute atomic E-state index is 12.5. The van der Waals surface area contributed by atoms with Crippen molar-refractivity contribution in [3.05, 3.63) is 75.5 Å². The van der Waals surface area contributed by atoms with Crippen LogP contribution in [0.5, 0.6) is 0 Å². The number of aryl methyl sites for hydroxylation is 2. The molecule has 0 saturated carbocycles. The summed E-state index contributed by atoms with van der Waals surface area (Å²) >= 11 is 3.23. The minimum Gasteiger partial charge on any atom is -0.478 e. The highest BCUT2D eigenvalue weighted by Crippen LogP contribution is 2.22. The number of halogens is 1. The van der Waals surface area contributed by atoms with E-state index in [2.05, 4.69) is 36.5 Å². The van der Waals surface area contributed by atoms with E-state index in [1.54, 1.807) is 36.4 Å². The first kappa shape index (κ1) is 19.5. The molecular weight excluding hydrogens is 424 g/mol. The molecule has 0 radical (unpaired) electrons. The van der Waals surface area contributed by atoms with Gasteiger partial charge in [-0.05, 0) is 62.4 Å². The molecule has 1 heterocycles. The highest BCUT2D eigenvalue weighted by atomic mass is 79.9. The van der Waals surface area contributed by atoms with Gasteiger partial charge < -0.3 is 15.7 Å². The Balaban J connectivity index is 1.75. The van der Waals surface area contributed by atoms with Gasteiger partial charge in [0.05, 0.1) is 11.3 Å². The normalized spacial score (nSPS) is 10.4. The van der Waals surface area contributed by atoms with Crippen LogP contribution in [-0.4, -0.2) is 27.0 Å². The van der Waals surface area contributed by atoms with Crippen LogP contribution in [0.25, 0.3) is 0 Å². The molecule has 0 aliphatic rings. The second-order valence-electron chi connectivity index (χ2n) is 6.13. The Hall–Kier alpha value is -3.26. The Bertz CT molecular complexity index is 1030. The van der Waals surface area contributed by atoms with E-state index in [9.17, 15) is 14.7 Å². The predicted octanol–water partition coefficient (Wildman–Crippen LogP) is 4.55. The average Bonchev–Trinajstić information content (AvgIpc) is 2.62. The van der Waals surface area contributed by atoms with Crippen molar-refractivity contribution in [3.63, 3.8) is 0 Å². The topological polar surface area (TPSA) is 104 Å². The van der Waals surface area contributed by atoms with Gasteiger partial charge in [0, 0.05) is 27.1 Å². The summed E-state index contributed by atoms with van der Waals surface area (Å²) in [4.78, 5) is 32.5. The lowest BCUT2D eigenvalue weighted by Crippen LogP contribution is -2.14. The maximum atomic E-state index is 12.5. The molecule has 2 aromatic carbocycles. The lowest BCUT2D eigenvalue weighted by atomic mass is 10.1. The Morgan fingerprint density at radius 2 is 1.61 bits per heavy atom. The summed E-state index contributed by atoms with van der Waals surface area (Å²) in [6.45, 7) is 3.78. The minimum absolute atomic E-state index is 0.00739. The van der Waals surface area contributed by atoms with Crippen LogP contribution in [0.4, 0.5) is 17.3 Å². The average molecular weight is 441 g/mol. The molecule has 3 N–H and O–H groups in total. The number of carboxylic acids is 1. The lowest BCUT2D eigenvalue weighted by Gasteiger charge is -2.10. The van der Waals surface area contributed by atoms with Crippen molar-refractivity contribution in [1.29, 1.82) is 0 Å². The van der Waals surface area contributed by atoms with Crippen LogP contribution in [-0.2, 0) is 0 Å². The van der Waals surface area contributed by atoms with Gasteiger partial charge in [-0.15, -0.1) is 0 Å². The van der Waals surface area contributed by atoms with Gasteiger partial charge in [0.25, 0.3) is 5.91 Å². The van der Waals surface area contributed by atoms with Crippen molar-refractivity contribution in [2.75, 3.05) is 10.6 Å². The van der Waals surface area contributed by atoms with E-state index in [4.69, 9.17) is 0 Å². The minimum atomic E-state index is -1.12. The molecule has 1 amide bonds. The summed E-state index contributed by atoms with van der Waals surface area (Å²) in [6.07, 6.45) is 0. The summed E-state index contributed by atoms with van der Waals surface area (Å²) in [7, 11) is 0. The van der Waals surface area contributed by atoms with Crippen molar-refractivity contribution >= 4 is 45.1 Å². The first-order valence-corrected chi connectivity index (χ1v) is 9.15. The molecule has 0 saturated heterocycles. The van der Waals surface area contributed by atoms with E-state index in [1.807, 2.05) is 19.9 Å². The van der Waals surface area contributed by atoms with Crippen LogP contribution in [0, 0.1) is 13.8 Å². The molecule has 7 nitrogen and oxygen atoms in total. The zero-order chi connectivity index (χ0) is 20.3. The number of aromatic carboxylic acids is 1. The van der Waals surface area contributed by atoms with Crippen molar-refractivity contribution in [2.45, 2.75) is 13.8 Å². The largest absolute Gasteiger partial charge is 0.478 e. The fourth-order valence-corrected chi connectivity index (χ4v) is 2.97. The number of carbonyl (C=O) groups is 2. The summed E-state index contributed by atoms with van der Waals surface area (Å²) in [6, 6.07) is 13.3. The lowest BCUT2D eigenvalue weighted by molar-refractivity contribution is 0.0698. The monoisotopic (exact) mass is 440 g/mol. The summed E-state index contributed by atoms with van der Waals surface area (Å²) < 4.78 is 0.618. The van der Waals surface area contributed by atoms with Crippen molar-refractivity contribution in [3.8, 4) is 0 Å². The summed E-state index contributed by atoms with van der Waals surface area (Å²) in [5.41, 5.74) is 3.08. The van der Waals surface area contributed by atoms with E-state index >= 15 is 0 Å². The Morgan fingerprint density at radius 1 is 0.964 bits per heavy atom. The standard InChI is InChI=1S/C20H17BrN4O3/c1-11-9-12(2)23-20(22-11)24-15-6-3-13(4-7-15)18(26)25-17-8-5-14(21)10-16(17)19(27)28/h3-10H,1-2H3,(H,25,26)(H,27,28)(H,22,23,24). The van der Waals surface area contributed by atoms with E-state index in [0.717, 1.165) is 17.1 Å². The fourth-order valence-electron chi connectivity index (χ4n) is 2.61.